The number of nitrogens with zero attached hydrogens (tertiary/aromatic N) is 1. The molecule has 2 aromatic rings. The number of hydrogen-bond donors (Lipinski definition) is 2. The Hall–Kier alpha value is -2.78. The lowest BCUT2D eigenvalue weighted by Gasteiger charge is -2.46. The van der Waals surface area contributed by atoms with Crippen LogP contribution in [0.3, 0.4) is 0 Å². The van der Waals surface area contributed by atoms with Crippen molar-refractivity contribution in [1.29, 1.82) is 0 Å². The molecule has 43 heavy (non-hydrogen) atoms. The number of aliphatic carboxylic acids is 1. The Balaban J connectivity index is 1.43. The molecule has 2 aliphatic heterocycles. The van der Waals surface area contributed by atoms with E-state index in [1.165, 1.54) is 11.1 Å². The second-order valence-electron chi connectivity index (χ2n) is 13.3. The Labute approximate surface area is 259 Å². The average molecular weight is 629 g/mol. The van der Waals surface area contributed by atoms with Crippen molar-refractivity contribution in [3.8, 4) is 5.75 Å². The summed E-state index contributed by atoms with van der Waals surface area (Å²) >= 11 is 6.38. The van der Waals surface area contributed by atoms with Crippen LogP contribution < -0.4 is 14.4 Å². The maximum absolute atomic E-state index is 13.4. The van der Waals surface area contributed by atoms with Crippen LogP contribution >= 0.6 is 11.6 Å². The Morgan fingerprint density at radius 1 is 1.09 bits per heavy atom. The van der Waals surface area contributed by atoms with Crippen molar-refractivity contribution in [3.05, 3.63) is 58.1 Å². The van der Waals surface area contributed by atoms with Gasteiger partial charge in [-0.15, -0.1) is 0 Å². The van der Waals surface area contributed by atoms with Gasteiger partial charge in [0.1, 0.15) is 5.75 Å². The van der Waals surface area contributed by atoms with Gasteiger partial charge in [0.05, 0.1) is 23.5 Å². The molecule has 6 rings (SSSR count). The van der Waals surface area contributed by atoms with Crippen molar-refractivity contribution in [2.75, 3.05) is 24.6 Å². The third-order valence-electron chi connectivity index (χ3n) is 10.8. The molecule has 4 unspecified atom stereocenters. The smallest absolute Gasteiger partial charge is 0.306 e. The predicted molar refractivity (Wildman–Crippen MR) is 166 cm³/mol. The number of anilines is 1. The van der Waals surface area contributed by atoms with Crippen molar-refractivity contribution in [2.24, 2.45) is 23.7 Å². The highest BCUT2D eigenvalue weighted by molar-refractivity contribution is 7.90. The number of benzene rings is 2. The standard InChI is InChI=1S/C33H41ClN2O6S/c1-20-5-3-7-27(32(38)39)26-11-8-24(26)17-36-18-33(14-4-6-22-15-25(34)10-12-28(22)33)19-42-30-13-9-23(16-29(30)36)31(37)35-43(40,41)21(20)2/h9-10,12-13,15-16,20-21,24,26-27H,3-8,11,14,17-19H2,1-2H3,(H,35,37)(H,38,39)/t20?,21?,24?,26?,27-,33+/m1/s1. The van der Waals surface area contributed by atoms with E-state index in [9.17, 15) is 23.1 Å². The molecule has 0 aromatic heterocycles. The molecule has 2 bridgehead atoms. The summed E-state index contributed by atoms with van der Waals surface area (Å²) in [4.78, 5) is 28.1. The average Bonchev–Trinajstić information content (AvgIpc) is 3.10. The van der Waals surface area contributed by atoms with E-state index in [2.05, 4.69) is 15.7 Å². The molecule has 0 saturated heterocycles. The first-order valence-electron chi connectivity index (χ1n) is 15.6. The number of rotatable bonds is 1. The van der Waals surface area contributed by atoms with Crippen LogP contribution in [-0.4, -0.2) is 50.3 Å². The maximum atomic E-state index is 13.4. The first kappa shape index (κ1) is 30.3. The molecule has 2 aliphatic carbocycles. The molecule has 2 N–H and O–H groups in total. The summed E-state index contributed by atoms with van der Waals surface area (Å²) < 4.78 is 35.3. The Morgan fingerprint density at radius 3 is 2.65 bits per heavy atom. The lowest BCUT2D eigenvalue weighted by molar-refractivity contribution is -0.146. The van der Waals surface area contributed by atoms with Crippen molar-refractivity contribution in [2.45, 2.75) is 75.9 Å². The van der Waals surface area contributed by atoms with Crippen LogP contribution in [0.4, 0.5) is 5.69 Å². The van der Waals surface area contributed by atoms with Gasteiger partial charge in [0.25, 0.3) is 5.91 Å². The van der Waals surface area contributed by atoms with Gasteiger partial charge in [0.2, 0.25) is 10.0 Å². The minimum Gasteiger partial charge on any atom is -0.490 e. The Kier molecular flexibility index (Phi) is 8.18. The number of ether oxygens (including phenoxy) is 1. The zero-order chi connectivity index (χ0) is 30.5. The fraction of sp³-hybridized carbons (Fsp3) is 0.576. The molecule has 232 valence electrons. The van der Waals surface area contributed by atoms with Crippen molar-refractivity contribution in [3.63, 3.8) is 0 Å². The van der Waals surface area contributed by atoms with Gasteiger partial charge >= 0.3 is 5.97 Å². The zero-order valence-corrected chi connectivity index (χ0v) is 26.4. The highest BCUT2D eigenvalue weighted by Crippen LogP contribution is 2.48. The molecule has 10 heteroatoms. The van der Waals surface area contributed by atoms with Gasteiger partial charge in [-0.05, 0) is 111 Å². The number of carboxylic acid groups (broad SMARTS) is 1. The van der Waals surface area contributed by atoms with Crippen LogP contribution in [-0.2, 0) is 26.7 Å². The number of hydrogen-bond acceptors (Lipinski definition) is 6. The van der Waals surface area contributed by atoms with Gasteiger partial charge in [0, 0.05) is 29.1 Å². The summed E-state index contributed by atoms with van der Waals surface area (Å²) in [6.07, 6.45) is 6.41. The predicted octanol–water partition coefficient (Wildman–Crippen LogP) is 5.81. The van der Waals surface area contributed by atoms with Crippen LogP contribution in [0.5, 0.6) is 5.75 Å². The highest BCUT2D eigenvalue weighted by atomic mass is 35.5. The van der Waals surface area contributed by atoms with E-state index in [-0.39, 0.29) is 28.7 Å². The molecule has 2 aromatic carbocycles. The zero-order valence-electron chi connectivity index (χ0n) is 24.9. The van der Waals surface area contributed by atoms with Crippen molar-refractivity contribution in [1.82, 2.24) is 4.72 Å². The first-order valence-corrected chi connectivity index (χ1v) is 17.5. The normalized spacial score (nSPS) is 32.3. The van der Waals surface area contributed by atoms with Gasteiger partial charge in [-0.2, -0.15) is 0 Å². The summed E-state index contributed by atoms with van der Waals surface area (Å²) in [5.74, 6) is -1.23. The molecule has 1 saturated carbocycles. The number of carbonyl (C=O) groups is 2. The van der Waals surface area contributed by atoms with E-state index in [1.807, 2.05) is 19.1 Å². The van der Waals surface area contributed by atoms with Gasteiger partial charge < -0.3 is 14.7 Å². The Morgan fingerprint density at radius 2 is 1.91 bits per heavy atom. The highest BCUT2D eigenvalue weighted by Gasteiger charge is 2.45. The van der Waals surface area contributed by atoms with Gasteiger partial charge in [-0.3, -0.25) is 9.59 Å². The maximum Gasteiger partial charge on any atom is 0.306 e. The summed E-state index contributed by atoms with van der Waals surface area (Å²) in [7, 11) is -3.95. The SMILES string of the molecule is CC1CCC[C@@H](C(=O)O)C2CCC2CN2C[C@@]3(CCCc4cc(Cl)ccc43)COc3ccc(cc32)C(=O)NS(=O)(=O)C1C. The first-order chi connectivity index (χ1) is 20.5. The van der Waals surface area contributed by atoms with Crippen LogP contribution in [0.2, 0.25) is 5.02 Å². The van der Waals surface area contributed by atoms with Crippen LogP contribution in [0.15, 0.2) is 36.4 Å². The number of fused-ring (bicyclic) bond motifs is 4. The summed E-state index contributed by atoms with van der Waals surface area (Å²) in [6, 6.07) is 11.2. The molecule has 2 heterocycles. The number of halogens is 1. The third kappa shape index (κ3) is 5.75. The van der Waals surface area contributed by atoms with Gasteiger partial charge in [0.15, 0.2) is 0 Å². The summed E-state index contributed by atoms with van der Waals surface area (Å²) in [6.45, 7) is 5.22. The van der Waals surface area contributed by atoms with Gasteiger partial charge in [-0.25, -0.2) is 13.1 Å². The minimum atomic E-state index is -3.95. The minimum absolute atomic E-state index is 0.0503. The lowest BCUT2D eigenvalue weighted by atomic mass is 9.65. The quantitative estimate of drug-likeness (QED) is 0.410. The van der Waals surface area contributed by atoms with E-state index < -0.39 is 33.1 Å². The Bertz CT molecular complexity index is 1530. The van der Waals surface area contributed by atoms with Crippen molar-refractivity contribution < 1.29 is 27.9 Å². The molecule has 1 amide bonds. The van der Waals surface area contributed by atoms with E-state index in [4.69, 9.17) is 16.3 Å². The van der Waals surface area contributed by atoms with Crippen LogP contribution in [0, 0.1) is 23.7 Å². The van der Waals surface area contributed by atoms with Crippen LogP contribution in [0.1, 0.15) is 80.3 Å². The molecular formula is C33H41ClN2O6S. The lowest BCUT2D eigenvalue weighted by Crippen LogP contribution is -2.49. The fourth-order valence-corrected chi connectivity index (χ4v) is 9.40. The molecule has 1 fully saturated rings. The molecule has 1 spiro atoms. The number of aryl methyl sites for hydroxylation is 1. The van der Waals surface area contributed by atoms with Gasteiger partial charge in [-0.1, -0.05) is 31.0 Å². The number of carbonyl (C=O) groups excluding carboxylic acids is 1. The number of sulfonamides is 1. The second kappa shape index (κ2) is 11.6. The number of amides is 1. The molecule has 4 aliphatic rings. The van der Waals surface area contributed by atoms with Crippen LogP contribution in [0.25, 0.3) is 0 Å². The number of carboxylic acids is 1. The monoisotopic (exact) mass is 628 g/mol. The summed E-state index contributed by atoms with van der Waals surface area (Å²) in [5, 5.41) is 10.2. The molecular weight excluding hydrogens is 588 g/mol. The largest absolute Gasteiger partial charge is 0.490 e. The molecule has 0 radical (unpaired) electrons. The molecule has 6 atom stereocenters. The van der Waals surface area contributed by atoms with Crippen molar-refractivity contribution >= 4 is 39.2 Å². The van der Waals surface area contributed by atoms with E-state index in [0.29, 0.717) is 49.7 Å². The molecule has 8 nitrogen and oxygen atoms in total. The fourth-order valence-electron chi connectivity index (χ4n) is 7.89. The van der Waals surface area contributed by atoms with E-state index in [0.717, 1.165) is 37.8 Å². The number of nitrogens with one attached hydrogen (secondary N) is 1. The van der Waals surface area contributed by atoms with E-state index in [1.54, 1.807) is 25.1 Å². The third-order valence-corrected chi connectivity index (χ3v) is 12.9. The second-order valence-corrected chi connectivity index (χ2v) is 15.8. The van der Waals surface area contributed by atoms with E-state index >= 15 is 0 Å². The topological polar surface area (TPSA) is 113 Å². The summed E-state index contributed by atoms with van der Waals surface area (Å²) in [5.41, 5.74) is 3.14.